The standard InChI is InChI=1S/C31H38FN3O5S/c1-6-40-27-15-17-28(18-16-27)41(38,39)35(26-13-11-23(4)12-14-26)21-30(36)34(20-25-9-7-8-10-29(25)32)24(5)31(37)33-19-22(2)3/h7-18,22,24H,6,19-21H2,1-5H3,(H,33,37). The number of benzene rings is 3. The molecule has 3 rings (SSSR count). The molecule has 2 amide bonds. The van der Waals surface area contributed by atoms with Gasteiger partial charge in [-0.3, -0.25) is 13.9 Å². The largest absolute Gasteiger partial charge is 0.494 e. The summed E-state index contributed by atoms with van der Waals surface area (Å²) in [7, 11) is -4.22. The highest BCUT2D eigenvalue weighted by molar-refractivity contribution is 7.92. The molecule has 0 radical (unpaired) electrons. The SMILES string of the molecule is CCOc1ccc(S(=O)(=O)N(CC(=O)N(Cc2ccccc2F)C(C)C(=O)NCC(C)C)c2ccc(C)cc2)cc1. The Kier molecular flexibility index (Phi) is 10.9. The Morgan fingerprint density at radius 3 is 2.17 bits per heavy atom. The number of anilines is 1. The Morgan fingerprint density at radius 2 is 1.59 bits per heavy atom. The minimum absolute atomic E-state index is 0.0299. The van der Waals surface area contributed by atoms with E-state index in [1.165, 1.54) is 35.2 Å². The van der Waals surface area contributed by atoms with Crippen LogP contribution < -0.4 is 14.4 Å². The molecule has 1 unspecified atom stereocenters. The third kappa shape index (κ3) is 8.29. The Hall–Kier alpha value is -3.92. The maximum Gasteiger partial charge on any atom is 0.264 e. The van der Waals surface area contributed by atoms with E-state index in [-0.39, 0.29) is 28.6 Å². The van der Waals surface area contributed by atoms with Crippen LogP contribution in [0.4, 0.5) is 10.1 Å². The number of aryl methyl sites for hydroxylation is 1. The average molecular weight is 584 g/mol. The molecule has 3 aromatic carbocycles. The molecule has 0 aliphatic carbocycles. The van der Waals surface area contributed by atoms with Gasteiger partial charge in [0.05, 0.1) is 17.2 Å². The lowest BCUT2D eigenvalue weighted by molar-refractivity contribution is -0.139. The van der Waals surface area contributed by atoms with Crippen LogP contribution in [0.25, 0.3) is 0 Å². The first-order chi connectivity index (χ1) is 19.4. The topological polar surface area (TPSA) is 96.0 Å². The number of nitrogens with zero attached hydrogens (tertiary/aromatic N) is 2. The van der Waals surface area contributed by atoms with Gasteiger partial charge in [0, 0.05) is 18.7 Å². The van der Waals surface area contributed by atoms with Crippen LogP contribution in [-0.4, -0.2) is 50.9 Å². The van der Waals surface area contributed by atoms with Crippen molar-refractivity contribution in [3.05, 3.63) is 89.7 Å². The zero-order valence-electron chi connectivity index (χ0n) is 24.1. The molecule has 0 saturated carbocycles. The number of carbonyl (C=O) groups excluding carboxylic acids is 2. The fourth-order valence-corrected chi connectivity index (χ4v) is 5.50. The van der Waals surface area contributed by atoms with Crippen molar-refractivity contribution in [3.8, 4) is 5.75 Å². The Morgan fingerprint density at radius 1 is 0.951 bits per heavy atom. The third-order valence-electron chi connectivity index (χ3n) is 6.47. The highest BCUT2D eigenvalue weighted by atomic mass is 32.2. The summed E-state index contributed by atoms with van der Waals surface area (Å²) >= 11 is 0. The van der Waals surface area contributed by atoms with E-state index in [4.69, 9.17) is 4.74 Å². The van der Waals surface area contributed by atoms with Crippen molar-refractivity contribution in [1.82, 2.24) is 10.2 Å². The smallest absolute Gasteiger partial charge is 0.264 e. The summed E-state index contributed by atoms with van der Waals surface area (Å²) in [5.74, 6) is -0.910. The van der Waals surface area contributed by atoms with Crippen LogP contribution in [-0.2, 0) is 26.2 Å². The molecule has 0 aromatic heterocycles. The molecule has 0 spiro atoms. The minimum Gasteiger partial charge on any atom is -0.494 e. The molecule has 0 fully saturated rings. The van der Waals surface area contributed by atoms with Crippen LogP contribution in [0, 0.1) is 18.7 Å². The summed E-state index contributed by atoms with van der Waals surface area (Å²) in [5, 5.41) is 2.81. The predicted octanol–water partition coefficient (Wildman–Crippen LogP) is 4.92. The van der Waals surface area contributed by atoms with E-state index in [9.17, 15) is 22.4 Å². The van der Waals surface area contributed by atoms with Gasteiger partial charge in [-0.2, -0.15) is 0 Å². The number of carbonyl (C=O) groups is 2. The maximum atomic E-state index is 14.6. The summed E-state index contributed by atoms with van der Waals surface area (Å²) in [6.07, 6.45) is 0. The zero-order valence-corrected chi connectivity index (χ0v) is 24.9. The lowest BCUT2D eigenvalue weighted by Gasteiger charge is -2.32. The second-order valence-electron chi connectivity index (χ2n) is 10.2. The molecular weight excluding hydrogens is 545 g/mol. The quantitative estimate of drug-likeness (QED) is 0.308. The number of hydrogen-bond donors (Lipinski definition) is 1. The van der Waals surface area contributed by atoms with Crippen LogP contribution >= 0.6 is 0 Å². The third-order valence-corrected chi connectivity index (χ3v) is 8.26. The predicted molar refractivity (Wildman–Crippen MR) is 158 cm³/mol. The number of rotatable bonds is 13. The molecule has 0 bridgehead atoms. The number of sulfonamides is 1. The molecule has 0 aliphatic heterocycles. The van der Waals surface area contributed by atoms with Crippen LogP contribution in [0.5, 0.6) is 5.75 Å². The second kappa shape index (κ2) is 14.1. The van der Waals surface area contributed by atoms with Gasteiger partial charge in [0.25, 0.3) is 10.0 Å². The summed E-state index contributed by atoms with van der Waals surface area (Å²) in [6, 6.07) is 17.7. The van der Waals surface area contributed by atoms with Crippen LogP contribution in [0.1, 0.15) is 38.8 Å². The molecule has 3 aromatic rings. The van der Waals surface area contributed by atoms with E-state index in [1.54, 1.807) is 49.4 Å². The first kappa shape index (κ1) is 31.6. The molecule has 0 aliphatic rings. The molecule has 41 heavy (non-hydrogen) atoms. The monoisotopic (exact) mass is 583 g/mol. The summed E-state index contributed by atoms with van der Waals surface area (Å²) in [5.41, 5.74) is 1.40. The summed E-state index contributed by atoms with van der Waals surface area (Å²) in [6.45, 7) is 9.13. The van der Waals surface area contributed by atoms with Gasteiger partial charge in [-0.05, 0) is 69.2 Å². The Labute approximate surface area is 242 Å². The van der Waals surface area contributed by atoms with E-state index < -0.39 is 40.2 Å². The van der Waals surface area contributed by atoms with Crippen molar-refractivity contribution in [1.29, 1.82) is 0 Å². The van der Waals surface area contributed by atoms with Crippen molar-refractivity contribution in [2.45, 2.75) is 52.1 Å². The number of hydrogen-bond acceptors (Lipinski definition) is 5. The van der Waals surface area contributed by atoms with Crippen molar-refractivity contribution in [2.24, 2.45) is 5.92 Å². The molecule has 0 heterocycles. The fourth-order valence-electron chi connectivity index (χ4n) is 4.09. The summed E-state index contributed by atoms with van der Waals surface area (Å²) in [4.78, 5) is 28.1. The van der Waals surface area contributed by atoms with Gasteiger partial charge in [0.2, 0.25) is 11.8 Å². The highest BCUT2D eigenvalue weighted by Crippen LogP contribution is 2.26. The number of nitrogens with one attached hydrogen (secondary N) is 1. The average Bonchev–Trinajstić information content (AvgIpc) is 2.94. The van der Waals surface area contributed by atoms with Crippen LogP contribution in [0.3, 0.4) is 0 Å². The minimum atomic E-state index is -4.22. The van der Waals surface area contributed by atoms with Gasteiger partial charge < -0.3 is 15.0 Å². The van der Waals surface area contributed by atoms with Gasteiger partial charge in [-0.15, -0.1) is 0 Å². The van der Waals surface area contributed by atoms with E-state index in [1.807, 2.05) is 27.7 Å². The van der Waals surface area contributed by atoms with Crippen LogP contribution in [0.15, 0.2) is 77.7 Å². The first-order valence-electron chi connectivity index (χ1n) is 13.6. The molecular formula is C31H38FN3O5S. The molecule has 0 saturated heterocycles. The van der Waals surface area contributed by atoms with Gasteiger partial charge in [0.15, 0.2) is 0 Å². The zero-order chi connectivity index (χ0) is 30.2. The maximum absolute atomic E-state index is 14.6. The molecule has 8 nitrogen and oxygen atoms in total. The molecule has 1 N–H and O–H groups in total. The molecule has 10 heteroatoms. The Balaban J connectivity index is 2.01. The second-order valence-corrected chi connectivity index (χ2v) is 12.0. The lowest BCUT2D eigenvalue weighted by atomic mass is 10.1. The number of ether oxygens (including phenoxy) is 1. The van der Waals surface area contributed by atoms with E-state index in [2.05, 4.69) is 5.32 Å². The molecule has 1 atom stereocenters. The van der Waals surface area contributed by atoms with Crippen molar-refractivity contribution in [3.63, 3.8) is 0 Å². The highest BCUT2D eigenvalue weighted by Gasteiger charge is 2.33. The van der Waals surface area contributed by atoms with Gasteiger partial charge in [-0.1, -0.05) is 49.7 Å². The van der Waals surface area contributed by atoms with E-state index in [0.29, 0.717) is 18.9 Å². The Bertz CT molecular complexity index is 1430. The normalized spacial score (nSPS) is 12.1. The van der Waals surface area contributed by atoms with E-state index in [0.717, 1.165) is 9.87 Å². The molecule has 220 valence electrons. The lowest BCUT2D eigenvalue weighted by Crippen LogP contribution is -2.51. The van der Waals surface area contributed by atoms with Gasteiger partial charge in [0.1, 0.15) is 24.2 Å². The number of halogens is 1. The van der Waals surface area contributed by atoms with E-state index >= 15 is 0 Å². The van der Waals surface area contributed by atoms with Crippen molar-refractivity contribution < 1.29 is 27.1 Å². The van der Waals surface area contributed by atoms with Gasteiger partial charge >= 0.3 is 0 Å². The van der Waals surface area contributed by atoms with Gasteiger partial charge in [-0.25, -0.2) is 12.8 Å². The number of amides is 2. The van der Waals surface area contributed by atoms with Crippen molar-refractivity contribution >= 4 is 27.5 Å². The summed E-state index contributed by atoms with van der Waals surface area (Å²) < 4.78 is 48.9. The fraction of sp³-hybridized carbons (Fsp3) is 0.355. The van der Waals surface area contributed by atoms with Crippen molar-refractivity contribution in [2.75, 3.05) is 24.0 Å². The first-order valence-corrected chi connectivity index (χ1v) is 15.0. The van der Waals surface area contributed by atoms with Crippen LogP contribution in [0.2, 0.25) is 0 Å².